The van der Waals surface area contributed by atoms with Gasteiger partial charge in [-0.05, 0) is 45.2 Å². The smallest absolute Gasteiger partial charge is 0.152 e. The molecule has 2 rings (SSSR count). The molecule has 0 aromatic heterocycles. The van der Waals surface area contributed by atoms with E-state index in [0.717, 1.165) is 12.8 Å². The number of hydrogen-bond donors (Lipinski definition) is 1. The van der Waals surface area contributed by atoms with Crippen LogP contribution in [-0.4, -0.2) is 18.2 Å². The van der Waals surface area contributed by atoms with Crippen molar-refractivity contribution in [2.24, 2.45) is 0 Å². The van der Waals surface area contributed by atoms with Gasteiger partial charge in [0.2, 0.25) is 0 Å². The number of anilines is 1. The summed E-state index contributed by atoms with van der Waals surface area (Å²) in [5.41, 5.74) is 0.255. The highest BCUT2D eigenvalue weighted by molar-refractivity contribution is 5.49. The molecule has 0 saturated carbocycles. The van der Waals surface area contributed by atoms with Gasteiger partial charge in [-0.2, -0.15) is 0 Å². The number of benzene rings is 1. The zero-order chi connectivity index (χ0) is 13.3. The van der Waals surface area contributed by atoms with Gasteiger partial charge in [0, 0.05) is 6.54 Å². The van der Waals surface area contributed by atoms with E-state index in [4.69, 9.17) is 4.74 Å². The van der Waals surface area contributed by atoms with Crippen LogP contribution in [0.1, 0.15) is 32.3 Å². The summed E-state index contributed by atoms with van der Waals surface area (Å²) in [5.74, 6) is -1.08. The second-order valence-electron chi connectivity index (χ2n) is 5.47. The minimum absolute atomic E-state index is 0.0133. The Morgan fingerprint density at radius 3 is 2.72 bits per heavy atom. The van der Waals surface area contributed by atoms with E-state index in [1.807, 2.05) is 13.8 Å². The number of hydrogen-bond acceptors (Lipinski definition) is 2. The van der Waals surface area contributed by atoms with Gasteiger partial charge >= 0.3 is 0 Å². The fourth-order valence-corrected chi connectivity index (χ4v) is 2.26. The Kier molecular flexibility index (Phi) is 3.57. The molecule has 0 radical (unpaired) electrons. The minimum Gasteiger partial charge on any atom is -0.378 e. The van der Waals surface area contributed by atoms with Gasteiger partial charge in [0.25, 0.3) is 0 Å². The van der Waals surface area contributed by atoms with E-state index in [0.29, 0.717) is 12.1 Å². The monoisotopic (exact) mass is 255 g/mol. The summed E-state index contributed by atoms with van der Waals surface area (Å²) in [4.78, 5) is 0. The van der Waals surface area contributed by atoms with Crippen molar-refractivity contribution >= 4 is 5.69 Å². The van der Waals surface area contributed by atoms with Crippen LogP contribution >= 0.6 is 0 Å². The van der Waals surface area contributed by atoms with Crippen LogP contribution in [0.25, 0.3) is 0 Å². The third kappa shape index (κ3) is 2.80. The first-order valence-corrected chi connectivity index (χ1v) is 6.25. The highest BCUT2D eigenvalue weighted by atomic mass is 19.1. The normalized spacial score (nSPS) is 22.2. The Hall–Kier alpha value is -1.16. The van der Waals surface area contributed by atoms with E-state index in [1.165, 1.54) is 12.1 Å². The van der Waals surface area contributed by atoms with E-state index < -0.39 is 11.6 Å². The zero-order valence-electron chi connectivity index (χ0n) is 11.0. The Bertz CT molecular complexity index is 446. The maximum absolute atomic E-state index is 13.7. The van der Waals surface area contributed by atoms with Crippen LogP contribution in [0.2, 0.25) is 0 Å². The summed E-state index contributed by atoms with van der Waals surface area (Å²) in [6, 6.07) is 2.71. The van der Waals surface area contributed by atoms with Crippen LogP contribution in [0, 0.1) is 18.6 Å². The lowest BCUT2D eigenvalue weighted by molar-refractivity contribution is -0.00914. The van der Waals surface area contributed by atoms with Crippen molar-refractivity contribution < 1.29 is 13.5 Å². The van der Waals surface area contributed by atoms with E-state index in [1.54, 1.807) is 6.92 Å². The molecule has 1 aromatic carbocycles. The lowest BCUT2D eigenvalue weighted by Crippen LogP contribution is -2.25. The van der Waals surface area contributed by atoms with Gasteiger partial charge in [-0.25, -0.2) is 8.78 Å². The number of halogens is 2. The molecule has 0 aliphatic carbocycles. The predicted octanol–water partition coefficient (Wildman–Crippen LogP) is 3.64. The summed E-state index contributed by atoms with van der Waals surface area (Å²) in [5, 5.41) is 2.83. The number of ether oxygens (including phenoxy) is 1. The molecule has 1 aliphatic heterocycles. The quantitative estimate of drug-likeness (QED) is 0.890. The Morgan fingerprint density at radius 1 is 1.39 bits per heavy atom. The maximum Gasteiger partial charge on any atom is 0.152 e. The van der Waals surface area contributed by atoms with Gasteiger partial charge in [-0.15, -0.1) is 0 Å². The number of nitrogens with one attached hydrogen (secondary N) is 1. The molecule has 0 bridgehead atoms. The summed E-state index contributed by atoms with van der Waals surface area (Å²) >= 11 is 0. The zero-order valence-corrected chi connectivity index (χ0v) is 11.0. The van der Waals surface area contributed by atoms with E-state index >= 15 is 0 Å². The van der Waals surface area contributed by atoms with Crippen LogP contribution in [0.4, 0.5) is 14.5 Å². The lowest BCUT2D eigenvalue weighted by Gasteiger charge is -2.20. The first kappa shape index (κ1) is 13.3. The molecule has 1 fully saturated rings. The lowest BCUT2D eigenvalue weighted by atomic mass is 10.1. The predicted molar refractivity (Wildman–Crippen MR) is 67.8 cm³/mol. The van der Waals surface area contributed by atoms with E-state index in [9.17, 15) is 8.78 Å². The Labute approximate surface area is 106 Å². The van der Waals surface area contributed by atoms with Crippen molar-refractivity contribution in [1.82, 2.24) is 0 Å². The van der Waals surface area contributed by atoms with Crippen LogP contribution < -0.4 is 5.32 Å². The fourth-order valence-electron chi connectivity index (χ4n) is 2.26. The second kappa shape index (κ2) is 4.84. The molecular formula is C14H19F2NO. The third-order valence-electron chi connectivity index (χ3n) is 3.34. The van der Waals surface area contributed by atoms with Gasteiger partial charge < -0.3 is 10.1 Å². The molecule has 0 spiro atoms. The van der Waals surface area contributed by atoms with Crippen molar-refractivity contribution in [3.63, 3.8) is 0 Å². The summed E-state index contributed by atoms with van der Waals surface area (Å²) < 4.78 is 33.0. The molecule has 1 N–H and O–H groups in total. The standard InChI is InChI=1S/C14H19F2NO/c1-9-4-5-11(15)13(12(9)16)17-8-10-6-7-14(2,3)18-10/h4-5,10,17H,6-8H2,1-3H3. The van der Waals surface area contributed by atoms with Crippen molar-refractivity contribution in [3.8, 4) is 0 Å². The molecular weight excluding hydrogens is 236 g/mol. The van der Waals surface area contributed by atoms with Crippen molar-refractivity contribution in [2.45, 2.75) is 45.3 Å². The average molecular weight is 255 g/mol. The molecule has 1 aromatic rings. The second-order valence-corrected chi connectivity index (χ2v) is 5.47. The average Bonchev–Trinajstić information content (AvgIpc) is 2.64. The molecule has 1 heterocycles. The third-order valence-corrected chi connectivity index (χ3v) is 3.34. The van der Waals surface area contributed by atoms with Crippen molar-refractivity contribution in [3.05, 3.63) is 29.3 Å². The number of rotatable bonds is 3. The van der Waals surface area contributed by atoms with Crippen LogP contribution in [0.15, 0.2) is 12.1 Å². The van der Waals surface area contributed by atoms with Gasteiger partial charge in [-0.3, -0.25) is 0 Å². The molecule has 100 valence electrons. The van der Waals surface area contributed by atoms with Crippen molar-refractivity contribution in [1.29, 1.82) is 0 Å². The summed E-state index contributed by atoms with van der Waals surface area (Å²) in [7, 11) is 0. The molecule has 1 aliphatic rings. The molecule has 18 heavy (non-hydrogen) atoms. The van der Waals surface area contributed by atoms with Crippen molar-refractivity contribution in [2.75, 3.05) is 11.9 Å². The maximum atomic E-state index is 13.7. The molecule has 0 amide bonds. The molecule has 2 nitrogen and oxygen atoms in total. The first-order valence-electron chi connectivity index (χ1n) is 6.25. The van der Waals surface area contributed by atoms with Gasteiger partial charge in [-0.1, -0.05) is 6.07 Å². The Morgan fingerprint density at radius 2 is 2.11 bits per heavy atom. The van der Waals surface area contributed by atoms with Gasteiger partial charge in [0.15, 0.2) is 5.82 Å². The SMILES string of the molecule is Cc1ccc(F)c(NCC2CCC(C)(C)O2)c1F. The van der Waals surface area contributed by atoms with Crippen LogP contribution in [-0.2, 0) is 4.74 Å². The van der Waals surface area contributed by atoms with Gasteiger partial charge in [0.05, 0.1) is 11.7 Å². The topological polar surface area (TPSA) is 21.3 Å². The van der Waals surface area contributed by atoms with E-state index in [2.05, 4.69) is 5.32 Å². The Balaban J connectivity index is 2.01. The summed E-state index contributed by atoms with van der Waals surface area (Å²) in [6.45, 7) is 6.11. The fraction of sp³-hybridized carbons (Fsp3) is 0.571. The summed E-state index contributed by atoms with van der Waals surface area (Å²) in [6.07, 6.45) is 1.90. The molecule has 1 unspecified atom stereocenters. The van der Waals surface area contributed by atoms with Gasteiger partial charge in [0.1, 0.15) is 11.5 Å². The number of aryl methyl sites for hydroxylation is 1. The van der Waals surface area contributed by atoms with Crippen LogP contribution in [0.3, 0.4) is 0 Å². The largest absolute Gasteiger partial charge is 0.378 e. The van der Waals surface area contributed by atoms with E-state index in [-0.39, 0.29) is 17.4 Å². The molecule has 4 heteroatoms. The van der Waals surface area contributed by atoms with Crippen LogP contribution in [0.5, 0.6) is 0 Å². The molecule has 1 atom stereocenters. The molecule has 1 saturated heterocycles. The highest BCUT2D eigenvalue weighted by Gasteiger charge is 2.31. The highest BCUT2D eigenvalue weighted by Crippen LogP contribution is 2.30. The first-order chi connectivity index (χ1) is 8.39. The minimum atomic E-state index is -0.560.